The van der Waals surface area contributed by atoms with Crippen molar-refractivity contribution >= 4 is 46.7 Å². The highest BCUT2D eigenvalue weighted by Crippen LogP contribution is 2.25. The van der Waals surface area contributed by atoms with Gasteiger partial charge in [0.25, 0.3) is 0 Å². The quantitative estimate of drug-likeness (QED) is 0.118. The van der Waals surface area contributed by atoms with E-state index in [4.69, 9.17) is 21.1 Å². The molecule has 4 N–H and O–H groups in total. The molecule has 0 aliphatic rings. The van der Waals surface area contributed by atoms with Crippen LogP contribution in [0.2, 0.25) is 5.02 Å². The Morgan fingerprint density at radius 1 is 0.625 bits per heavy atom. The summed E-state index contributed by atoms with van der Waals surface area (Å²) in [5.41, 5.74) is 1.09. The highest BCUT2D eigenvalue weighted by atomic mass is 35.5. The van der Waals surface area contributed by atoms with Crippen LogP contribution in [0.25, 0.3) is 0 Å². The van der Waals surface area contributed by atoms with Crippen LogP contribution in [0.3, 0.4) is 0 Å². The van der Waals surface area contributed by atoms with Crippen molar-refractivity contribution in [2.75, 3.05) is 10.6 Å². The van der Waals surface area contributed by atoms with E-state index < -0.39 is 29.4 Å². The zero-order valence-corrected chi connectivity index (χ0v) is 26.4. The molecular weight excluding hydrogens is 657 g/mol. The first-order valence-electron chi connectivity index (χ1n) is 14.3. The minimum atomic E-state index is -1.22. The summed E-state index contributed by atoms with van der Waals surface area (Å²) in [6, 6.07) is 16.1. The molecule has 0 atom stereocenters. The van der Waals surface area contributed by atoms with Crippen molar-refractivity contribution in [3.8, 4) is 11.5 Å². The molecule has 4 rings (SSSR count). The van der Waals surface area contributed by atoms with Crippen molar-refractivity contribution < 1.29 is 52.0 Å². The Morgan fingerprint density at radius 2 is 1.06 bits per heavy atom. The van der Waals surface area contributed by atoms with Gasteiger partial charge in [-0.2, -0.15) is 0 Å². The number of halogens is 4. The summed E-state index contributed by atoms with van der Waals surface area (Å²) < 4.78 is 50.3. The SMILES string of the molecule is CCC(=O)Nc1ccc(OCc2ccc(Cl)c(F)c2)cc1C(=O)O.CCC(=O)Nc1ccc(OCc2ccc(F)c(F)c2)cc1C(=O)O. The number of aromatic carboxylic acids is 2. The molecular formula is C34H30ClF3N2O8. The van der Waals surface area contributed by atoms with E-state index in [1.807, 2.05) is 0 Å². The van der Waals surface area contributed by atoms with Crippen LogP contribution in [0, 0.1) is 17.5 Å². The van der Waals surface area contributed by atoms with Gasteiger partial charge in [-0.3, -0.25) is 9.59 Å². The summed E-state index contributed by atoms with van der Waals surface area (Å²) in [5, 5.41) is 23.5. The maximum absolute atomic E-state index is 13.4. The maximum Gasteiger partial charge on any atom is 0.337 e. The van der Waals surface area contributed by atoms with E-state index in [9.17, 15) is 42.6 Å². The fourth-order valence-corrected chi connectivity index (χ4v) is 3.99. The number of carboxylic acids is 2. The standard InChI is InChI=1S/C17H15ClFNO4.C17H15F2NO4/c2*1-2-16(21)20-15-6-4-11(8-12(15)17(22)23)24-9-10-3-5-13(18)14(19)7-10/h2*3-8H,2,9H2,1H3,(H,20,21)(H,22,23). The average Bonchev–Trinajstić information content (AvgIpc) is 3.06. The van der Waals surface area contributed by atoms with Gasteiger partial charge in [-0.05, 0) is 71.8 Å². The first-order chi connectivity index (χ1) is 22.8. The Kier molecular flexibility index (Phi) is 13.4. The molecule has 0 unspecified atom stereocenters. The highest BCUT2D eigenvalue weighted by molar-refractivity contribution is 6.30. The number of ether oxygens (including phenoxy) is 2. The van der Waals surface area contributed by atoms with E-state index in [0.29, 0.717) is 11.1 Å². The maximum atomic E-state index is 13.4. The molecule has 48 heavy (non-hydrogen) atoms. The predicted octanol–water partition coefficient (Wildman–Crippen LogP) is 7.70. The summed E-state index contributed by atoms with van der Waals surface area (Å²) >= 11 is 5.61. The Hall–Kier alpha value is -5.56. The lowest BCUT2D eigenvalue weighted by Crippen LogP contribution is -2.13. The van der Waals surface area contributed by atoms with E-state index >= 15 is 0 Å². The highest BCUT2D eigenvalue weighted by Gasteiger charge is 2.15. The number of rotatable bonds is 12. The number of carbonyl (C=O) groups excluding carboxylic acids is 2. The lowest BCUT2D eigenvalue weighted by atomic mass is 10.1. The zero-order valence-electron chi connectivity index (χ0n) is 25.6. The van der Waals surface area contributed by atoms with Crippen molar-refractivity contribution in [1.82, 2.24) is 0 Å². The van der Waals surface area contributed by atoms with E-state index in [-0.39, 0.29) is 76.9 Å². The second-order valence-corrected chi connectivity index (χ2v) is 10.3. The third-order valence-corrected chi connectivity index (χ3v) is 6.72. The topological polar surface area (TPSA) is 151 Å². The number of hydrogen-bond acceptors (Lipinski definition) is 6. The molecule has 0 fully saturated rings. The summed E-state index contributed by atoms with van der Waals surface area (Å²) in [4.78, 5) is 45.5. The monoisotopic (exact) mass is 686 g/mol. The molecule has 4 aromatic carbocycles. The summed E-state index contributed by atoms with van der Waals surface area (Å²) in [5.74, 6) is -4.99. The van der Waals surface area contributed by atoms with E-state index in [2.05, 4.69) is 10.6 Å². The fraction of sp³-hybridized carbons (Fsp3) is 0.176. The zero-order chi connectivity index (χ0) is 35.4. The Morgan fingerprint density at radius 3 is 1.46 bits per heavy atom. The van der Waals surface area contributed by atoms with Crippen LogP contribution >= 0.6 is 11.6 Å². The van der Waals surface area contributed by atoms with Gasteiger partial charge in [0.1, 0.15) is 30.5 Å². The predicted molar refractivity (Wildman–Crippen MR) is 171 cm³/mol. The van der Waals surface area contributed by atoms with Gasteiger partial charge in [0.15, 0.2) is 11.6 Å². The van der Waals surface area contributed by atoms with Gasteiger partial charge in [0.05, 0.1) is 27.5 Å². The molecule has 10 nitrogen and oxygen atoms in total. The molecule has 0 aliphatic carbocycles. The molecule has 0 spiro atoms. The van der Waals surface area contributed by atoms with Crippen LogP contribution in [-0.2, 0) is 22.8 Å². The van der Waals surface area contributed by atoms with Gasteiger partial charge in [-0.25, -0.2) is 22.8 Å². The van der Waals surface area contributed by atoms with Gasteiger partial charge in [-0.15, -0.1) is 0 Å². The number of carboxylic acid groups (broad SMARTS) is 2. The van der Waals surface area contributed by atoms with Crippen molar-refractivity contribution in [2.45, 2.75) is 39.9 Å². The first-order valence-corrected chi connectivity index (χ1v) is 14.7. The Labute approximate surface area is 278 Å². The smallest absolute Gasteiger partial charge is 0.337 e. The average molecular weight is 687 g/mol. The van der Waals surface area contributed by atoms with Crippen LogP contribution in [0.4, 0.5) is 24.5 Å². The number of anilines is 2. The summed E-state index contributed by atoms with van der Waals surface area (Å²) in [6.07, 6.45) is 0.451. The molecule has 0 radical (unpaired) electrons. The van der Waals surface area contributed by atoms with Crippen molar-refractivity contribution in [3.05, 3.63) is 118 Å². The molecule has 0 saturated carbocycles. The molecule has 4 aromatic rings. The molecule has 14 heteroatoms. The second kappa shape index (κ2) is 17.4. The number of nitrogens with one attached hydrogen (secondary N) is 2. The minimum Gasteiger partial charge on any atom is -0.489 e. The van der Waals surface area contributed by atoms with Gasteiger partial charge in [0, 0.05) is 12.8 Å². The van der Waals surface area contributed by atoms with Gasteiger partial charge in [-0.1, -0.05) is 37.6 Å². The molecule has 0 heterocycles. The second-order valence-electron chi connectivity index (χ2n) is 9.90. The number of benzene rings is 4. The van der Waals surface area contributed by atoms with E-state index in [0.717, 1.165) is 12.1 Å². The normalized spacial score (nSPS) is 10.3. The van der Waals surface area contributed by atoms with Gasteiger partial charge in [0.2, 0.25) is 11.8 Å². The molecule has 0 saturated heterocycles. The fourth-order valence-electron chi connectivity index (χ4n) is 3.87. The molecule has 0 bridgehead atoms. The van der Waals surface area contributed by atoms with E-state index in [1.165, 1.54) is 54.6 Å². The summed E-state index contributed by atoms with van der Waals surface area (Å²) in [6.45, 7) is 3.30. The van der Waals surface area contributed by atoms with Gasteiger partial charge < -0.3 is 30.3 Å². The van der Waals surface area contributed by atoms with Crippen LogP contribution in [0.1, 0.15) is 58.5 Å². The molecule has 0 aliphatic heterocycles. The van der Waals surface area contributed by atoms with Crippen LogP contribution in [-0.4, -0.2) is 34.0 Å². The third kappa shape index (κ3) is 10.8. The van der Waals surface area contributed by atoms with Crippen molar-refractivity contribution in [2.24, 2.45) is 0 Å². The third-order valence-electron chi connectivity index (χ3n) is 6.41. The Bertz CT molecular complexity index is 1690. The van der Waals surface area contributed by atoms with Crippen LogP contribution < -0.4 is 20.1 Å². The lowest BCUT2D eigenvalue weighted by molar-refractivity contribution is -0.116. The molecule has 0 aromatic heterocycles. The van der Waals surface area contributed by atoms with Crippen molar-refractivity contribution in [3.63, 3.8) is 0 Å². The molecule has 252 valence electrons. The van der Waals surface area contributed by atoms with Crippen LogP contribution in [0.15, 0.2) is 72.8 Å². The van der Waals surface area contributed by atoms with Crippen molar-refractivity contribution in [1.29, 1.82) is 0 Å². The largest absolute Gasteiger partial charge is 0.489 e. The number of amides is 2. The van der Waals surface area contributed by atoms with Gasteiger partial charge >= 0.3 is 11.9 Å². The van der Waals surface area contributed by atoms with Crippen LogP contribution in [0.5, 0.6) is 11.5 Å². The minimum absolute atomic E-state index is 0.0166. The first kappa shape index (κ1) is 36.9. The molecule has 2 amide bonds. The number of carbonyl (C=O) groups is 4. The lowest BCUT2D eigenvalue weighted by Gasteiger charge is -2.11. The number of hydrogen-bond donors (Lipinski definition) is 4. The Balaban J connectivity index is 0.000000260. The summed E-state index contributed by atoms with van der Waals surface area (Å²) in [7, 11) is 0. The van der Waals surface area contributed by atoms with E-state index in [1.54, 1.807) is 19.9 Å².